The summed E-state index contributed by atoms with van der Waals surface area (Å²) in [5, 5.41) is -4.82. The second-order valence-corrected chi connectivity index (χ2v) is 7.17. The van der Waals surface area contributed by atoms with E-state index in [1.807, 2.05) is 0 Å². The highest BCUT2D eigenvalue weighted by molar-refractivity contribution is 7.87. The quantitative estimate of drug-likeness (QED) is 0.593. The molecule has 0 saturated heterocycles. The van der Waals surface area contributed by atoms with Crippen LogP contribution in [0.1, 0.15) is 11.1 Å². The molecule has 0 bridgehead atoms. The molecule has 0 aliphatic rings. The van der Waals surface area contributed by atoms with Crippen LogP contribution in [0.5, 0.6) is 0 Å². The molecule has 0 heterocycles. The van der Waals surface area contributed by atoms with Gasteiger partial charge in [-0.15, -0.1) is 0 Å². The molecule has 1 aromatic carbocycles. The van der Waals surface area contributed by atoms with E-state index in [0.717, 1.165) is 0 Å². The van der Waals surface area contributed by atoms with Crippen LogP contribution >= 0.6 is 0 Å². The van der Waals surface area contributed by atoms with Gasteiger partial charge in [0.2, 0.25) is 0 Å². The summed E-state index contributed by atoms with van der Waals surface area (Å²) >= 11 is 0. The molecule has 0 amide bonds. The van der Waals surface area contributed by atoms with Crippen LogP contribution in [0, 0.1) is 13.8 Å². The number of alkyl halides is 2. The number of hydrogen-bond acceptors (Lipinski definition) is 6. The number of benzene rings is 1. The predicted molar refractivity (Wildman–Crippen MR) is 63.7 cm³/mol. The minimum Gasteiger partial charge on any atom is -0.743 e. The Labute approximate surface area is 115 Å². The molecule has 1 aromatic rings. The molecule has 20 heavy (non-hydrogen) atoms. The van der Waals surface area contributed by atoms with Crippen LogP contribution in [-0.2, 0) is 24.4 Å². The summed E-state index contributed by atoms with van der Waals surface area (Å²) in [5.74, 6) is 0. The van der Waals surface area contributed by atoms with Crippen molar-refractivity contribution in [3.8, 4) is 0 Å². The first-order valence-electron chi connectivity index (χ1n) is 5.17. The zero-order chi connectivity index (χ0) is 15.8. The fourth-order valence-corrected chi connectivity index (χ4v) is 2.76. The van der Waals surface area contributed by atoms with E-state index in [1.54, 1.807) is 13.0 Å². The van der Waals surface area contributed by atoms with Crippen LogP contribution < -0.4 is 0 Å². The zero-order valence-electron chi connectivity index (χ0n) is 10.5. The van der Waals surface area contributed by atoms with E-state index in [1.165, 1.54) is 19.1 Å². The average molecular weight is 329 g/mol. The predicted octanol–water partition coefficient (Wildman–Crippen LogP) is 1.15. The summed E-state index contributed by atoms with van der Waals surface area (Å²) in [6, 6.07) is 4.23. The third-order valence-corrected chi connectivity index (χ3v) is 4.62. The second-order valence-electron chi connectivity index (χ2n) is 4.08. The Morgan fingerprint density at radius 2 is 1.75 bits per heavy atom. The van der Waals surface area contributed by atoms with E-state index >= 15 is 0 Å². The van der Waals surface area contributed by atoms with Crippen molar-refractivity contribution < 1.29 is 34.4 Å². The van der Waals surface area contributed by atoms with Crippen molar-refractivity contribution in [1.82, 2.24) is 0 Å². The van der Waals surface area contributed by atoms with Gasteiger partial charge < -0.3 is 4.55 Å². The van der Waals surface area contributed by atoms with Crippen molar-refractivity contribution in [2.24, 2.45) is 0 Å². The minimum atomic E-state index is -6.00. The van der Waals surface area contributed by atoms with Crippen LogP contribution in [-0.4, -0.2) is 33.2 Å². The Hall–Kier alpha value is -1.10. The SMILES string of the molecule is Cc1ccc(C)c(S(=O)(=O)OCC(F)(F)S(=O)(=O)[O-])c1. The molecule has 0 fully saturated rings. The lowest BCUT2D eigenvalue weighted by molar-refractivity contribution is 0.0302. The molecule has 0 atom stereocenters. The molecule has 6 nitrogen and oxygen atoms in total. The lowest BCUT2D eigenvalue weighted by Gasteiger charge is -2.19. The standard InChI is InChI=1S/C10H12F2O6S2/c1-7-3-4-8(2)9(5-7)19(13,14)18-6-10(11,12)20(15,16)17/h3-5H,6H2,1-2H3,(H,15,16,17)/p-1. The van der Waals surface area contributed by atoms with E-state index in [0.29, 0.717) is 5.56 Å². The highest BCUT2D eigenvalue weighted by Crippen LogP contribution is 2.25. The van der Waals surface area contributed by atoms with E-state index in [4.69, 9.17) is 0 Å². The summed E-state index contributed by atoms with van der Waals surface area (Å²) in [6.45, 7) is 0.932. The van der Waals surface area contributed by atoms with Crippen molar-refractivity contribution in [3.63, 3.8) is 0 Å². The first-order chi connectivity index (χ1) is 8.87. The van der Waals surface area contributed by atoms with Crippen LogP contribution in [0.3, 0.4) is 0 Å². The van der Waals surface area contributed by atoms with Crippen molar-refractivity contribution in [2.75, 3.05) is 6.61 Å². The number of aryl methyl sites for hydroxylation is 2. The second kappa shape index (κ2) is 5.35. The normalized spacial score (nSPS) is 13.4. The smallest absolute Gasteiger partial charge is 0.358 e. The Morgan fingerprint density at radius 3 is 2.25 bits per heavy atom. The van der Waals surface area contributed by atoms with Gasteiger partial charge in [-0.25, -0.2) is 8.42 Å². The molecule has 114 valence electrons. The molecule has 0 saturated carbocycles. The van der Waals surface area contributed by atoms with Gasteiger partial charge in [0, 0.05) is 0 Å². The van der Waals surface area contributed by atoms with Crippen molar-refractivity contribution in [3.05, 3.63) is 29.3 Å². The van der Waals surface area contributed by atoms with Gasteiger partial charge in [0.1, 0.15) is 6.61 Å². The van der Waals surface area contributed by atoms with E-state index in [-0.39, 0.29) is 10.5 Å². The van der Waals surface area contributed by atoms with E-state index < -0.39 is 32.1 Å². The molecule has 0 aliphatic carbocycles. The topological polar surface area (TPSA) is 101 Å². The van der Waals surface area contributed by atoms with Crippen LogP contribution in [0.25, 0.3) is 0 Å². The first kappa shape index (κ1) is 17.0. The third-order valence-electron chi connectivity index (χ3n) is 2.36. The molecular formula is C10H11F2O6S2-. The van der Waals surface area contributed by atoms with Crippen molar-refractivity contribution >= 4 is 20.2 Å². The molecule has 0 radical (unpaired) electrons. The molecule has 10 heteroatoms. The minimum absolute atomic E-state index is 0.240. The summed E-state index contributed by atoms with van der Waals surface area (Å²) in [6.07, 6.45) is 0. The fraction of sp³-hybridized carbons (Fsp3) is 0.400. The van der Waals surface area contributed by atoms with Gasteiger partial charge in [0.15, 0.2) is 10.1 Å². The van der Waals surface area contributed by atoms with Crippen LogP contribution in [0.15, 0.2) is 23.1 Å². The summed E-state index contributed by atoms with van der Waals surface area (Å²) < 4.78 is 83.9. The van der Waals surface area contributed by atoms with Crippen molar-refractivity contribution in [2.45, 2.75) is 24.0 Å². The lowest BCUT2D eigenvalue weighted by atomic mass is 10.2. The monoisotopic (exact) mass is 329 g/mol. The van der Waals surface area contributed by atoms with E-state index in [9.17, 15) is 30.2 Å². The maximum atomic E-state index is 12.9. The van der Waals surface area contributed by atoms with Gasteiger partial charge in [-0.3, -0.25) is 4.18 Å². The molecule has 0 N–H and O–H groups in total. The lowest BCUT2D eigenvalue weighted by Crippen LogP contribution is -2.34. The van der Waals surface area contributed by atoms with Gasteiger partial charge in [-0.1, -0.05) is 12.1 Å². The Balaban J connectivity index is 3.06. The average Bonchev–Trinajstić information content (AvgIpc) is 2.28. The van der Waals surface area contributed by atoms with E-state index in [2.05, 4.69) is 4.18 Å². The summed E-state index contributed by atoms with van der Waals surface area (Å²) in [4.78, 5) is -0.364. The van der Waals surface area contributed by atoms with Crippen LogP contribution in [0.4, 0.5) is 8.78 Å². The number of halogens is 2. The summed E-state index contributed by atoms with van der Waals surface area (Å²) in [5.41, 5.74) is 0.782. The highest BCUT2D eigenvalue weighted by atomic mass is 32.2. The van der Waals surface area contributed by atoms with Gasteiger partial charge >= 0.3 is 5.25 Å². The Bertz CT molecular complexity index is 709. The Morgan fingerprint density at radius 1 is 1.20 bits per heavy atom. The van der Waals surface area contributed by atoms with Gasteiger partial charge in [-0.05, 0) is 31.0 Å². The Kier molecular flexibility index (Phi) is 4.54. The number of rotatable bonds is 5. The van der Waals surface area contributed by atoms with Gasteiger partial charge in [0.25, 0.3) is 10.1 Å². The molecule has 0 unspecified atom stereocenters. The zero-order valence-corrected chi connectivity index (χ0v) is 12.1. The largest absolute Gasteiger partial charge is 0.743 e. The van der Waals surface area contributed by atoms with Gasteiger partial charge in [-0.2, -0.15) is 17.2 Å². The maximum Gasteiger partial charge on any atom is 0.358 e. The highest BCUT2D eigenvalue weighted by Gasteiger charge is 2.40. The molecule has 0 spiro atoms. The summed E-state index contributed by atoms with van der Waals surface area (Å²) in [7, 11) is -10.6. The van der Waals surface area contributed by atoms with Crippen molar-refractivity contribution in [1.29, 1.82) is 0 Å². The number of hydrogen-bond donors (Lipinski definition) is 0. The molecular weight excluding hydrogens is 318 g/mol. The maximum absolute atomic E-state index is 12.9. The van der Waals surface area contributed by atoms with Crippen LogP contribution in [0.2, 0.25) is 0 Å². The first-order valence-corrected chi connectivity index (χ1v) is 7.98. The third kappa shape index (κ3) is 3.72. The molecule has 0 aromatic heterocycles. The molecule has 1 rings (SSSR count). The fourth-order valence-electron chi connectivity index (χ4n) is 1.26. The van der Waals surface area contributed by atoms with Gasteiger partial charge in [0.05, 0.1) is 4.90 Å². The molecule has 0 aliphatic heterocycles.